The van der Waals surface area contributed by atoms with E-state index in [1.807, 2.05) is 0 Å². The normalized spacial score (nSPS) is 33.0. The number of hydrogen-bond donors (Lipinski definition) is 4. The number of methoxy groups -OCH3 is 2. The predicted molar refractivity (Wildman–Crippen MR) is 83.1 cm³/mol. The first-order valence-electron chi connectivity index (χ1n) is 6.52. The summed E-state index contributed by atoms with van der Waals surface area (Å²) >= 11 is 0. The van der Waals surface area contributed by atoms with E-state index in [0.717, 1.165) is 39.0 Å². The van der Waals surface area contributed by atoms with Crippen molar-refractivity contribution in [2.75, 3.05) is 40.4 Å². The van der Waals surface area contributed by atoms with Gasteiger partial charge in [-0.2, -0.15) is 0 Å². The lowest BCUT2D eigenvalue weighted by molar-refractivity contribution is -0.0273. The Kier molecular flexibility index (Phi) is 14.7. The van der Waals surface area contributed by atoms with Crippen LogP contribution >= 0.6 is 24.8 Å². The van der Waals surface area contributed by atoms with E-state index < -0.39 is 0 Å². The summed E-state index contributed by atoms with van der Waals surface area (Å²) in [4.78, 5) is 0. The van der Waals surface area contributed by atoms with Crippen LogP contribution in [0.2, 0.25) is 0 Å². The molecule has 124 valence electrons. The summed E-state index contributed by atoms with van der Waals surface area (Å²) in [6.07, 6.45) is 1.07. The molecular formula is C12H28Cl2N2O4. The summed E-state index contributed by atoms with van der Waals surface area (Å²) in [5.74, 6) is 0. The van der Waals surface area contributed by atoms with Gasteiger partial charge in [-0.05, 0) is 25.9 Å². The van der Waals surface area contributed by atoms with Gasteiger partial charge in [0.05, 0.1) is 24.4 Å². The Morgan fingerprint density at radius 1 is 0.800 bits per heavy atom. The molecule has 0 unspecified atom stereocenters. The van der Waals surface area contributed by atoms with E-state index in [-0.39, 0.29) is 49.2 Å². The minimum atomic E-state index is -0.267. The molecule has 2 fully saturated rings. The van der Waals surface area contributed by atoms with Gasteiger partial charge in [0.25, 0.3) is 0 Å². The van der Waals surface area contributed by atoms with E-state index in [2.05, 4.69) is 10.6 Å². The van der Waals surface area contributed by atoms with Crippen molar-refractivity contribution in [2.45, 2.75) is 37.3 Å². The van der Waals surface area contributed by atoms with Crippen LogP contribution in [0, 0.1) is 0 Å². The smallest absolute Gasteiger partial charge is 0.0954 e. The van der Waals surface area contributed by atoms with E-state index >= 15 is 0 Å². The van der Waals surface area contributed by atoms with Crippen LogP contribution in [0.15, 0.2) is 0 Å². The first-order valence-corrected chi connectivity index (χ1v) is 6.52. The Morgan fingerprint density at radius 2 is 1.15 bits per heavy atom. The second kappa shape index (κ2) is 13.0. The van der Waals surface area contributed by atoms with Crippen molar-refractivity contribution in [3.63, 3.8) is 0 Å². The summed E-state index contributed by atoms with van der Waals surface area (Å²) in [5.41, 5.74) is 0. The summed E-state index contributed by atoms with van der Waals surface area (Å²) in [5, 5.41) is 24.7. The number of aliphatic hydroxyl groups is 2. The van der Waals surface area contributed by atoms with Gasteiger partial charge in [0, 0.05) is 27.3 Å². The minimum Gasteiger partial charge on any atom is -0.390 e. The Labute approximate surface area is 133 Å². The molecule has 0 radical (unpaired) electrons. The van der Waals surface area contributed by atoms with E-state index in [1.165, 1.54) is 0 Å². The molecule has 0 spiro atoms. The van der Waals surface area contributed by atoms with Gasteiger partial charge in [-0.1, -0.05) is 0 Å². The van der Waals surface area contributed by atoms with Crippen molar-refractivity contribution in [3.05, 3.63) is 0 Å². The third-order valence-corrected chi connectivity index (χ3v) is 3.39. The highest BCUT2D eigenvalue weighted by Gasteiger charge is 2.22. The van der Waals surface area contributed by atoms with Crippen LogP contribution in [0.1, 0.15) is 12.8 Å². The van der Waals surface area contributed by atoms with Crippen LogP contribution in [-0.4, -0.2) is 75.0 Å². The van der Waals surface area contributed by atoms with Gasteiger partial charge >= 0.3 is 0 Å². The molecule has 0 aromatic heterocycles. The quantitative estimate of drug-likeness (QED) is 0.548. The maximum atomic E-state index is 9.20. The topological polar surface area (TPSA) is 83.0 Å². The number of ether oxygens (including phenoxy) is 2. The van der Waals surface area contributed by atoms with E-state index in [1.54, 1.807) is 14.2 Å². The Morgan fingerprint density at radius 3 is 1.35 bits per heavy atom. The van der Waals surface area contributed by atoms with Crippen LogP contribution < -0.4 is 10.6 Å². The molecule has 2 aliphatic rings. The molecule has 4 N–H and O–H groups in total. The lowest BCUT2D eigenvalue weighted by Crippen LogP contribution is -2.44. The second-order valence-electron chi connectivity index (χ2n) is 4.67. The molecule has 0 bridgehead atoms. The first-order chi connectivity index (χ1) is 8.69. The van der Waals surface area contributed by atoms with Gasteiger partial charge in [-0.3, -0.25) is 0 Å². The van der Waals surface area contributed by atoms with Gasteiger partial charge in [-0.25, -0.2) is 0 Å². The molecule has 0 aromatic carbocycles. The summed E-state index contributed by atoms with van der Waals surface area (Å²) in [6.45, 7) is 3.36. The summed E-state index contributed by atoms with van der Waals surface area (Å²) in [6, 6.07) is 0. The molecule has 2 saturated heterocycles. The van der Waals surface area contributed by atoms with Crippen molar-refractivity contribution in [1.82, 2.24) is 10.6 Å². The van der Waals surface area contributed by atoms with Crippen molar-refractivity contribution < 1.29 is 19.7 Å². The fourth-order valence-electron chi connectivity index (χ4n) is 2.11. The SMILES string of the molecule is CO[C@@H]1CNCC[C@@H]1O.CO[C@H]1CNCC[C@H]1O.Cl.Cl. The fourth-order valence-corrected chi connectivity index (χ4v) is 2.11. The molecule has 0 aromatic rings. The van der Waals surface area contributed by atoms with Gasteiger partial charge in [0.15, 0.2) is 0 Å². The maximum Gasteiger partial charge on any atom is 0.0954 e. The summed E-state index contributed by atoms with van der Waals surface area (Å²) in [7, 11) is 3.25. The average Bonchev–Trinajstić information content (AvgIpc) is 2.41. The van der Waals surface area contributed by atoms with Crippen LogP contribution in [0.25, 0.3) is 0 Å². The third kappa shape index (κ3) is 7.95. The van der Waals surface area contributed by atoms with Crippen molar-refractivity contribution in [2.24, 2.45) is 0 Å². The van der Waals surface area contributed by atoms with Crippen LogP contribution in [0.3, 0.4) is 0 Å². The van der Waals surface area contributed by atoms with Gasteiger partial charge < -0.3 is 30.3 Å². The molecule has 0 aliphatic carbocycles. The van der Waals surface area contributed by atoms with Gasteiger partial charge in [0.1, 0.15) is 0 Å². The van der Waals surface area contributed by atoms with Gasteiger partial charge in [-0.15, -0.1) is 24.8 Å². The monoisotopic (exact) mass is 334 g/mol. The molecule has 6 nitrogen and oxygen atoms in total. The zero-order valence-corrected chi connectivity index (χ0v) is 13.7. The molecule has 2 heterocycles. The predicted octanol–water partition coefficient (Wildman–Crippen LogP) is -0.445. The third-order valence-electron chi connectivity index (χ3n) is 3.39. The van der Waals surface area contributed by atoms with Gasteiger partial charge in [0.2, 0.25) is 0 Å². The van der Waals surface area contributed by atoms with Crippen molar-refractivity contribution in [3.8, 4) is 0 Å². The Bertz CT molecular complexity index is 206. The first kappa shape index (κ1) is 22.6. The van der Waals surface area contributed by atoms with Crippen LogP contribution in [-0.2, 0) is 9.47 Å². The number of rotatable bonds is 2. The van der Waals surface area contributed by atoms with E-state index in [0.29, 0.717) is 0 Å². The molecule has 8 heteroatoms. The van der Waals surface area contributed by atoms with Crippen molar-refractivity contribution in [1.29, 1.82) is 0 Å². The zero-order valence-electron chi connectivity index (χ0n) is 12.1. The molecule has 0 saturated carbocycles. The summed E-state index contributed by atoms with van der Waals surface area (Å²) < 4.78 is 9.98. The number of piperidine rings is 2. The number of hydrogen-bond acceptors (Lipinski definition) is 6. The fraction of sp³-hybridized carbons (Fsp3) is 1.00. The molecule has 4 atom stereocenters. The minimum absolute atomic E-state index is 0. The average molecular weight is 335 g/mol. The highest BCUT2D eigenvalue weighted by atomic mass is 35.5. The lowest BCUT2D eigenvalue weighted by atomic mass is 10.1. The number of aliphatic hydroxyl groups excluding tert-OH is 2. The Balaban J connectivity index is 0. The van der Waals surface area contributed by atoms with Crippen molar-refractivity contribution >= 4 is 24.8 Å². The van der Waals surface area contributed by atoms with E-state index in [9.17, 15) is 10.2 Å². The van der Waals surface area contributed by atoms with Crippen LogP contribution in [0.4, 0.5) is 0 Å². The highest BCUT2D eigenvalue weighted by Crippen LogP contribution is 2.05. The number of halogens is 2. The maximum absolute atomic E-state index is 9.20. The molecule has 2 aliphatic heterocycles. The second-order valence-corrected chi connectivity index (χ2v) is 4.67. The molecule has 20 heavy (non-hydrogen) atoms. The zero-order chi connectivity index (χ0) is 13.4. The molecular weight excluding hydrogens is 307 g/mol. The standard InChI is InChI=1S/2C6H13NO2.2ClH/c2*1-9-6-4-7-3-2-5(6)8;;/h2*5-8H,2-4H2,1H3;2*1H/t2*5-,6+;;/m10../s1. The Hall–Kier alpha value is 0.340. The van der Waals surface area contributed by atoms with E-state index in [4.69, 9.17) is 9.47 Å². The molecule has 2 rings (SSSR count). The van der Waals surface area contributed by atoms with Crippen LogP contribution in [0.5, 0.6) is 0 Å². The largest absolute Gasteiger partial charge is 0.390 e. The highest BCUT2D eigenvalue weighted by molar-refractivity contribution is 5.85. The number of nitrogens with one attached hydrogen (secondary N) is 2. The lowest BCUT2D eigenvalue weighted by Gasteiger charge is -2.26. The molecule has 0 amide bonds.